The van der Waals surface area contributed by atoms with Gasteiger partial charge >= 0.3 is 0 Å². The number of rotatable bonds is 4. The highest BCUT2D eigenvalue weighted by Crippen LogP contribution is 2.27. The van der Waals surface area contributed by atoms with Crippen LogP contribution in [0.25, 0.3) is 0 Å². The van der Waals surface area contributed by atoms with Crippen LogP contribution in [-0.4, -0.2) is 31.1 Å². The molecule has 3 rings (SSSR count). The molecule has 1 heterocycles. The Bertz CT molecular complexity index is 519. The van der Waals surface area contributed by atoms with E-state index in [0.29, 0.717) is 12.3 Å². The molecule has 1 saturated heterocycles. The maximum atomic E-state index is 12.2. The zero-order valence-electron chi connectivity index (χ0n) is 12.8. The number of carbonyl (C=O) groups excluding carboxylic acids is 1. The van der Waals surface area contributed by atoms with Crippen molar-refractivity contribution >= 4 is 27.5 Å². The largest absolute Gasteiger partial charge is 0.369 e. The molecule has 0 spiro atoms. The van der Waals surface area contributed by atoms with E-state index >= 15 is 0 Å². The van der Waals surface area contributed by atoms with Gasteiger partial charge in [0.05, 0.1) is 0 Å². The Morgan fingerprint density at radius 1 is 1.27 bits per heavy atom. The Morgan fingerprint density at radius 2 is 2.05 bits per heavy atom. The first-order chi connectivity index (χ1) is 10.6. The Morgan fingerprint density at radius 3 is 2.73 bits per heavy atom. The Balaban J connectivity index is 1.48. The van der Waals surface area contributed by atoms with Crippen LogP contribution < -0.4 is 16.0 Å². The molecule has 3 atom stereocenters. The summed E-state index contributed by atoms with van der Waals surface area (Å²) in [6.45, 7) is 1.89. The second-order valence-electron chi connectivity index (χ2n) is 6.53. The second-order valence-corrected chi connectivity index (χ2v) is 7.45. The van der Waals surface area contributed by atoms with E-state index in [1.54, 1.807) is 0 Å². The van der Waals surface area contributed by atoms with Crippen LogP contribution in [0.4, 0.5) is 5.69 Å². The van der Waals surface area contributed by atoms with Crippen molar-refractivity contribution in [2.45, 2.75) is 44.2 Å². The van der Waals surface area contributed by atoms with E-state index in [0.717, 1.165) is 36.8 Å². The third-order valence-electron chi connectivity index (χ3n) is 4.91. The van der Waals surface area contributed by atoms with Crippen molar-refractivity contribution in [3.8, 4) is 0 Å². The van der Waals surface area contributed by atoms with Crippen molar-refractivity contribution in [3.63, 3.8) is 0 Å². The van der Waals surface area contributed by atoms with Crippen molar-refractivity contribution in [2.75, 3.05) is 18.0 Å². The molecule has 1 aromatic carbocycles. The van der Waals surface area contributed by atoms with E-state index in [-0.39, 0.29) is 18.0 Å². The van der Waals surface area contributed by atoms with E-state index in [2.05, 4.69) is 50.4 Å². The molecular weight excluding hydrogens is 342 g/mol. The molecule has 22 heavy (non-hydrogen) atoms. The van der Waals surface area contributed by atoms with Crippen LogP contribution in [0.15, 0.2) is 28.7 Å². The highest BCUT2D eigenvalue weighted by Gasteiger charge is 2.28. The molecule has 0 aromatic heterocycles. The molecule has 4 nitrogen and oxygen atoms in total. The van der Waals surface area contributed by atoms with Crippen LogP contribution in [0.5, 0.6) is 0 Å². The second kappa shape index (κ2) is 7.01. The maximum Gasteiger partial charge on any atom is 0.220 e. The van der Waals surface area contributed by atoms with Gasteiger partial charge in [-0.15, -0.1) is 0 Å². The molecule has 1 aromatic rings. The fourth-order valence-corrected chi connectivity index (χ4v) is 3.87. The van der Waals surface area contributed by atoms with Crippen molar-refractivity contribution in [3.05, 3.63) is 28.7 Å². The molecule has 1 amide bonds. The minimum absolute atomic E-state index is 0.171. The van der Waals surface area contributed by atoms with Crippen LogP contribution in [-0.2, 0) is 4.79 Å². The number of anilines is 1. The third kappa shape index (κ3) is 3.82. The first-order valence-corrected chi connectivity index (χ1v) is 8.96. The van der Waals surface area contributed by atoms with Gasteiger partial charge in [-0.3, -0.25) is 4.79 Å². The van der Waals surface area contributed by atoms with Gasteiger partial charge in [0.15, 0.2) is 0 Å². The number of benzene rings is 1. The van der Waals surface area contributed by atoms with E-state index in [9.17, 15) is 4.79 Å². The molecule has 3 N–H and O–H groups in total. The lowest BCUT2D eigenvalue weighted by molar-refractivity contribution is -0.122. The summed E-state index contributed by atoms with van der Waals surface area (Å²) in [5, 5.41) is 3.19. The first-order valence-electron chi connectivity index (χ1n) is 8.17. The fraction of sp³-hybridized carbons (Fsp3) is 0.588. The third-order valence-corrected chi connectivity index (χ3v) is 5.44. The van der Waals surface area contributed by atoms with Crippen LogP contribution >= 0.6 is 15.9 Å². The van der Waals surface area contributed by atoms with Gasteiger partial charge in [0.25, 0.3) is 0 Å². The summed E-state index contributed by atoms with van der Waals surface area (Å²) in [5.41, 5.74) is 7.27. The molecule has 1 unspecified atom stereocenters. The monoisotopic (exact) mass is 365 g/mol. The minimum Gasteiger partial charge on any atom is -0.369 e. The lowest BCUT2D eigenvalue weighted by Gasteiger charge is -2.20. The summed E-state index contributed by atoms with van der Waals surface area (Å²) in [6, 6.07) is 8.82. The summed E-state index contributed by atoms with van der Waals surface area (Å²) >= 11 is 3.46. The van der Waals surface area contributed by atoms with Gasteiger partial charge in [-0.1, -0.05) is 22.4 Å². The molecular formula is C17H24BrN3O. The Hall–Kier alpha value is -1.07. The number of hydrogen-bond donors (Lipinski definition) is 2. The molecule has 2 fully saturated rings. The van der Waals surface area contributed by atoms with Gasteiger partial charge in [0, 0.05) is 41.8 Å². The van der Waals surface area contributed by atoms with E-state index < -0.39 is 0 Å². The Labute approximate surface area is 140 Å². The van der Waals surface area contributed by atoms with Crippen LogP contribution in [0.3, 0.4) is 0 Å². The summed E-state index contributed by atoms with van der Waals surface area (Å²) in [7, 11) is 0. The van der Waals surface area contributed by atoms with Gasteiger partial charge in [-0.2, -0.15) is 0 Å². The number of hydrogen-bond acceptors (Lipinski definition) is 3. The van der Waals surface area contributed by atoms with Crippen LogP contribution in [0, 0.1) is 5.92 Å². The zero-order chi connectivity index (χ0) is 15.5. The van der Waals surface area contributed by atoms with Crippen molar-refractivity contribution in [1.29, 1.82) is 0 Å². The predicted octanol–water partition coefficient (Wildman–Crippen LogP) is 2.66. The van der Waals surface area contributed by atoms with Crippen molar-refractivity contribution in [2.24, 2.45) is 11.7 Å². The van der Waals surface area contributed by atoms with Crippen LogP contribution in [0.2, 0.25) is 0 Å². The lowest BCUT2D eigenvalue weighted by Crippen LogP contribution is -2.39. The molecule has 2 aliphatic rings. The molecule has 5 heteroatoms. The highest BCUT2D eigenvalue weighted by atomic mass is 79.9. The topological polar surface area (TPSA) is 58.4 Å². The summed E-state index contributed by atoms with van der Waals surface area (Å²) in [4.78, 5) is 14.5. The number of nitrogens with two attached hydrogens (primary N) is 1. The molecule has 1 aliphatic heterocycles. The normalized spacial score (nSPS) is 28.1. The lowest BCUT2D eigenvalue weighted by atomic mass is 9.99. The van der Waals surface area contributed by atoms with Gasteiger partial charge < -0.3 is 16.0 Å². The van der Waals surface area contributed by atoms with E-state index in [4.69, 9.17) is 5.73 Å². The molecule has 0 bridgehead atoms. The van der Waals surface area contributed by atoms with E-state index in [1.165, 1.54) is 12.1 Å². The van der Waals surface area contributed by atoms with Crippen molar-refractivity contribution in [1.82, 2.24) is 5.32 Å². The van der Waals surface area contributed by atoms with Gasteiger partial charge in [0.2, 0.25) is 5.91 Å². The van der Waals surface area contributed by atoms with Crippen LogP contribution in [0.1, 0.15) is 32.1 Å². The molecule has 1 aliphatic carbocycles. The standard InChI is InChI=1S/C17H24BrN3O/c18-13-4-6-15(7-5-13)21-9-8-14(11-21)20-17(22)10-12-2-1-3-16(12)19/h4-7,12,14,16H,1-3,8-11,19H2,(H,20,22)/t12-,14?,16+/m0/s1. The first kappa shape index (κ1) is 15.8. The highest BCUT2D eigenvalue weighted by molar-refractivity contribution is 9.10. The quantitative estimate of drug-likeness (QED) is 0.862. The number of carbonyl (C=O) groups is 1. The summed E-state index contributed by atoms with van der Waals surface area (Å²) < 4.78 is 1.09. The summed E-state index contributed by atoms with van der Waals surface area (Å²) in [5.74, 6) is 0.550. The molecule has 0 radical (unpaired) electrons. The minimum atomic E-state index is 0.171. The van der Waals surface area contributed by atoms with E-state index in [1.807, 2.05) is 0 Å². The molecule has 1 saturated carbocycles. The SMILES string of the molecule is N[C@@H]1CCC[C@H]1CC(=O)NC1CCN(c2ccc(Br)cc2)C1. The van der Waals surface area contributed by atoms with Crippen molar-refractivity contribution < 1.29 is 4.79 Å². The van der Waals surface area contributed by atoms with Gasteiger partial charge in [-0.25, -0.2) is 0 Å². The summed E-state index contributed by atoms with van der Waals surface area (Å²) in [6.07, 6.45) is 4.94. The number of nitrogens with zero attached hydrogens (tertiary/aromatic N) is 1. The van der Waals surface area contributed by atoms with Gasteiger partial charge in [0.1, 0.15) is 0 Å². The fourth-order valence-electron chi connectivity index (χ4n) is 3.61. The number of amides is 1. The number of halogens is 1. The van der Waals surface area contributed by atoms with Gasteiger partial charge in [-0.05, 0) is 49.4 Å². The maximum absolute atomic E-state index is 12.2. The predicted molar refractivity (Wildman–Crippen MR) is 92.8 cm³/mol. The average molecular weight is 366 g/mol. The number of nitrogens with one attached hydrogen (secondary N) is 1. The zero-order valence-corrected chi connectivity index (χ0v) is 14.4. The Kier molecular flexibility index (Phi) is 5.03. The molecule has 120 valence electrons. The average Bonchev–Trinajstić information content (AvgIpc) is 3.10. The smallest absolute Gasteiger partial charge is 0.220 e.